The number of carbonyl (C=O) groups is 1. The third kappa shape index (κ3) is 1.26. The molecule has 0 aliphatic carbocycles. The van der Waals surface area contributed by atoms with E-state index in [-0.39, 0.29) is 11.5 Å². The van der Waals surface area contributed by atoms with Crippen LogP contribution in [0.4, 0.5) is 0 Å². The van der Waals surface area contributed by atoms with Crippen LogP contribution in [0.15, 0.2) is 0 Å². The fourth-order valence-electron chi connectivity index (χ4n) is 3.00. The molecule has 2 atom stereocenters. The summed E-state index contributed by atoms with van der Waals surface area (Å²) in [5, 5.41) is 0. The predicted molar refractivity (Wildman–Crippen MR) is 55.7 cm³/mol. The van der Waals surface area contributed by atoms with Gasteiger partial charge in [-0.3, -0.25) is 9.69 Å². The van der Waals surface area contributed by atoms with E-state index in [1.807, 2.05) is 11.9 Å². The zero-order valence-corrected chi connectivity index (χ0v) is 9.58. The van der Waals surface area contributed by atoms with Crippen molar-refractivity contribution in [1.29, 1.82) is 0 Å². The number of hydrogen-bond acceptors (Lipinski definition) is 2. The molecule has 2 aliphatic rings. The molecule has 2 rings (SSSR count). The summed E-state index contributed by atoms with van der Waals surface area (Å²) in [6.45, 7) is 7.72. The van der Waals surface area contributed by atoms with E-state index < -0.39 is 0 Å². The number of fused-ring (bicyclic) bond motifs is 1. The molecule has 2 saturated heterocycles. The maximum Gasteiger partial charge on any atom is 0.241 e. The Kier molecular flexibility index (Phi) is 2.11. The second-order valence-corrected chi connectivity index (χ2v) is 5.58. The summed E-state index contributed by atoms with van der Waals surface area (Å²) in [7, 11) is 1.94. The van der Waals surface area contributed by atoms with E-state index in [0.717, 1.165) is 13.0 Å². The molecule has 3 heteroatoms. The van der Waals surface area contributed by atoms with Crippen molar-refractivity contribution >= 4 is 5.91 Å². The Morgan fingerprint density at radius 2 is 2.00 bits per heavy atom. The normalized spacial score (nSPS) is 34.0. The molecule has 1 amide bonds. The van der Waals surface area contributed by atoms with Crippen molar-refractivity contribution in [3.8, 4) is 0 Å². The fraction of sp³-hybridized carbons (Fsp3) is 0.909. The first-order valence-corrected chi connectivity index (χ1v) is 5.45. The van der Waals surface area contributed by atoms with Crippen LogP contribution in [0.25, 0.3) is 0 Å². The monoisotopic (exact) mass is 196 g/mol. The topological polar surface area (TPSA) is 23.6 Å². The van der Waals surface area contributed by atoms with Gasteiger partial charge in [0.2, 0.25) is 5.91 Å². The van der Waals surface area contributed by atoms with Crippen LogP contribution in [0.2, 0.25) is 0 Å². The van der Waals surface area contributed by atoms with E-state index in [2.05, 4.69) is 25.7 Å². The molecule has 0 unspecified atom stereocenters. The van der Waals surface area contributed by atoms with Gasteiger partial charge in [-0.25, -0.2) is 0 Å². The highest BCUT2D eigenvalue weighted by Gasteiger charge is 2.50. The average molecular weight is 196 g/mol. The molecule has 0 aromatic rings. The van der Waals surface area contributed by atoms with E-state index in [1.54, 1.807) is 0 Å². The molecule has 0 aromatic carbocycles. The van der Waals surface area contributed by atoms with Crippen molar-refractivity contribution in [3.05, 3.63) is 0 Å². The molecule has 0 spiro atoms. The van der Waals surface area contributed by atoms with E-state index >= 15 is 0 Å². The summed E-state index contributed by atoms with van der Waals surface area (Å²) < 4.78 is 0. The second-order valence-electron chi connectivity index (χ2n) is 5.58. The van der Waals surface area contributed by atoms with Crippen LogP contribution in [0, 0.1) is 5.41 Å². The van der Waals surface area contributed by atoms with Crippen LogP contribution in [-0.4, -0.2) is 41.5 Å². The Balaban J connectivity index is 2.29. The molecule has 2 heterocycles. The zero-order chi connectivity index (χ0) is 10.5. The number of carbonyl (C=O) groups excluding carboxylic acids is 1. The van der Waals surface area contributed by atoms with Gasteiger partial charge in [0.05, 0.1) is 12.2 Å². The second kappa shape index (κ2) is 2.96. The van der Waals surface area contributed by atoms with Crippen LogP contribution in [0.3, 0.4) is 0 Å². The van der Waals surface area contributed by atoms with Gasteiger partial charge in [0.15, 0.2) is 0 Å². The molecule has 0 radical (unpaired) electrons. The Morgan fingerprint density at radius 1 is 1.36 bits per heavy atom. The molecule has 2 aliphatic heterocycles. The highest BCUT2D eigenvalue weighted by atomic mass is 16.2. The third-order valence-corrected chi connectivity index (χ3v) is 3.38. The van der Waals surface area contributed by atoms with Crippen molar-refractivity contribution in [2.75, 3.05) is 13.6 Å². The van der Waals surface area contributed by atoms with Crippen LogP contribution in [0.5, 0.6) is 0 Å². The standard InChI is InChI=1S/C11H20N2O/c1-11(2,3)10-12(4)9(14)8-6-5-7-13(8)10/h8,10H,5-7H2,1-4H3/t8-,10-/m0/s1. The van der Waals surface area contributed by atoms with Crippen molar-refractivity contribution in [3.63, 3.8) is 0 Å². The number of rotatable bonds is 0. The average Bonchev–Trinajstić information content (AvgIpc) is 2.55. The summed E-state index contributed by atoms with van der Waals surface area (Å²) in [6, 6.07) is 0.184. The SMILES string of the molecule is CN1C(=O)[C@@H]2CCCN2[C@H]1C(C)(C)C. The lowest BCUT2D eigenvalue weighted by Crippen LogP contribution is -2.46. The summed E-state index contributed by atoms with van der Waals surface area (Å²) >= 11 is 0. The van der Waals surface area contributed by atoms with Crippen molar-refractivity contribution in [2.45, 2.75) is 45.8 Å². The molecule has 0 N–H and O–H groups in total. The first-order chi connectivity index (χ1) is 6.43. The molecule has 14 heavy (non-hydrogen) atoms. The maximum absolute atomic E-state index is 11.9. The van der Waals surface area contributed by atoms with E-state index in [4.69, 9.17) is 0 Å². The van der Waals surface area contributed by atoms with E-state index in [9.17, 15) is 4.79 Å². The lowest BCUT2D eigenvalue weighted by Gasteiger charge is -2.37. The van der Waals surface area contributed by atoms with Gasteiger partial charge in [0, 0.05) is 13.6 Å². The van der Waals surface area contributed by atoms with Crippen LogP contribution in [0.1, 0.15) is 33.6 Å². The predicted octanol–water partition coefficient (Wildman–Crippen LogP) is 1.29. The zero-order valence-electron chi connectivity index (χ0n) is 9.58. The fourth-order valence-corrected chi connectivity index (χ4v) is 3.00. The third-order valence-electron chi connectivity index (χ3n) is 3.38. The quantitative estimate of drug-likeness (QED) is 0.583. The Labute approximate surface area is 86.1 Å². The largest absolute Gasteiger partial charge is 0.328 e. The Bertz CT molecular complexity index is 257. The number of amides is 1. The minimum absolute atomic E-state index is 0.156. The van der Waals surface area contributed by atoms with Gasteiger partial charge in [-0.15, -0.1) is 0 Å². The molecule has 2 fully saturated rings. The summed E-state index contributed by atoms with van der Waals surface area (Å²) in [4.78, 5) is 16.2. The molecular weight excluding hydrogens is 176 g/mol. The van der Waals surface area contributed by atoms with Crippen molar-refractivity contribution in [2.24, 2.45) is 5.41 Å². The number of nitrogens with zero attached hydrogens (tertiary/aromatic N) is 2. The van der Waals surface area contributed by atoms with E-state index in [1.165, 1.54) is 6.42 Å². The molecule has 80 valence electrons. The minimum Gasteiger partial charge on any atom is -0.328 e. The molecule has 3 nitrogen and oxygen atoms in total. The molecular formula is C11H20N2O. The van der Waals surface area contributed by atoms with Gasteiger partial charge in [-0.2, -0.15) is 0 Å². The van der Waals surface area contributed by atoms with Gasteiger partial charge in [0.25, 0.3) is 0 Å². The van der Waals surface area contributed by atoms with Gasteiger partial charge in [-0.05, 0) is 18.3 Å². The smallest absolute Gasteiger partial charge is 0.241 e. The lowest BCUT2D eigenvalue weighted by atomic mass is 9.91. The maximum atomic E-state index is 11.9. The molecule has 0 aromatic heterocycles. The lowest BCUT2D eigenvalue weighted by molar-refractivity contribution is -0.129. The summed E-state index contributed by atoms with van der Waals surface area (Å²) in [5.74, 6) is 0.322. The van der Waals surface area contributed by atoms with Crippen molar-refractivity contribution in [1.82, 2.24) is 9.80 Å². The van der Waals surface area contributed by atoms with Crippen LogP contribution >= 0.6 is 0 Å². The van der Waals surface area contributed by atoms with Gasteiger partial charge in [-0.1, -0.05) is 20.8 Å². The first-order valence-electron chi connectivity index (χ1n) is 5.45. The highest BCUT2D eigenvalue weighted by Crippen LogP contribution is 2.37. The van der Waals surface area contributed by atoms with Gasteiger partial charge >= 0.3 is 0 Å². The van der Waals surface area contributed by atoms with Crippen LogP contribution in [-0.2, 0) is 4.79 Å². The Morgan fingerprint density at radius 3 is 2.57 bits per heavy atom. The molecule has 0 saturated carbocycles. The van der Waals surface area contributed by atoms with Gasteiger partial charge in [0.1, 0.15) is 0 Å². The molecule has 0 bridgehead atoms. The van der Waals surface area contributed by atoms with Crippen molar-refractivity contribution < 1.29 is 4.79 Å². The van der Waals surface area contributed by atoms with Crippen LogP contribution < -0.4 is 0 Å². The summed E-state index contributed by atoms with van der Waals surface area (Å²) in [5.41, 5.74) is 0.156. The highest BCUT2D eigenvalue weighted by molar-refractivity contribution is 5.84. The van der Waals surface area contributed by atoms with E-state index in [0.29, 0.717) is 12.1 Å². The number of likely N-dealkylation sites (N-methyl/N-ethyl adjacent to an activating group) is 1. The van der Waals surface area contributed by atoms with Gasteiger partial charge < -0.3 is 4.90 Å². The minimum atomic E-state index is 0.156. The number of hydrogen-bond donors (Lipinski definition) is 0. The Hall–Kier alpha value is -0.570. The summed E-state index contributed by atoms with van der Waals surface area (Å²) in [6.07, 6.45) is 2.52. The first kappa shape index (κ1) is 9.97.